The van der Waals surface area contributed by atoms with Crippen molar-refractivity contribution in [3.63, 3.8) is 0 Å². The molecular formula is C10H11ClN4O2S. The molecule has 8 heteroatoms. The molecule has 2 aromatic heterocycles. The summed E-state index contributed by atoms with van der Waals surface area (Å²) in [4.78, 5) is 6.71. The van der Waals surface area contributed by atoms with Crippen molar-refractivity contribution in [3.8, 4) is 0 Å². The van der Waals surface area contributed by atoms with E-state index in [0.717, 1.165) is 0 Å². The first kappa shape index (κ1) is 12.9. The monoisotopic (exact) mass is 286 g/mol. The van der Waals surface area contributed by atoms with E-state index in [1.54, 1.807) is 12.1 Å². The van der Waals surface area contributed by atoms with E-state index in [1.165, 1.54) is 18.5 Å². The Morgan fingerprint density at radius 2 is 2.28 bits per heavy atom. The van der Waals surface area contributed by atoms with Crippen LogP contribution in [0.3, 0.4) is 0 Å². The number of sulfonamides is 1. The van der Waals surface area contributed by atoms with Crippen molar-refractivity contribution in [3.05, 3.63) is 41.3 Å². The normalized spacial score (nSPS) is 11.4. The van der Waals surface area contributed by atoms with Gasteiger partial charge in [-0.05, 0) is 18.2 Å². The summed E-state index contributed by atoms with van der Waals surface area (Å²) in [6, 6.07) is 4.62. The Morgan fingerprint density at radius 3 is 2.89 bits per heavy atom. The van der Waals surface area contributed by atoms with Gasteiger partial charge in [-0.3, -0.25) is 4.72 Å². The van der Waals surface area contributed by atoms with Crippen LogP contribution in [0.15, 0.2) is 35.5 Å². The van der Waals surface area contributed by atoms with Gasteiger partial charge in [0.15, 0.2) is 5.82 Å². The van der Waals surface area contributed by atoms with Crippen LogP contribution in [0.5, 0.6) is 0 Å². The molecule has 0 radical (unpaired) electrons. The van der Waals surface area contributed by atoms with Gasteiger partial charge >= 0.3 is 0 Å². The minimum atomic E-state index is -3.71. The Balaban J connectivity index is 2.30. The molecule has 0 aromatic carbocycles. The number of H-pyrrole nitrogens is 1. The molecule has 0 unspecified atom stereocenters. The highest BCUT2D eigenvalue weighted by molar-refractivity contribution is 7.92. The first-order valence-corrected chi connectivity index (χ1v) is 6.90. The standard InChI is InChI=1S/C10H11ClN4O2S/c11-9-2-1-3-13-10(9)15-18(16,17)8-4-7(5-12)14-6-8/h1-4,6,14H,5,12H2,(H,13,15). The molecule has 6 nitrogen and oxygen atoms in total. The number of nitrogens with zero attached hydrogens (tertiary/aromatic N) is 1. The number of nitrogens with two attached hydrogens (primary N) is 1. The lowest BCUT2D eigenvalue weighted by atomic mass is 10.4. The second-order valence-electron chi connectivity index (χ2n) is 3.50. The molecule has 0 bridgehead atoms. The van der Waals surface area contributed by atoms with Crippen molar-refractivity contribution in [2.45, 2.75) is 11.4 Å². The number of halogens is 1. The van der Waals surface area contributed by atoms with Crippen molar-refractivity contribution < 1.29 is 8.42 Å². The van der Waals surface area contributed by atoms with E-state index in [2.05, 4.69) is 14.7 Å². The molecule has 2 rings (SSSR count). The number of rotatable bonds is 4. The van der Waals surface area contributed by atoms with Gasteiger partial charge in [0.25, 0.3) is 10.0 Å². The van der Waals surface area contributed by atoms with Crippen LogP contribution in [-0.4, -0.2) is 18.4 Å². The van der Waals surface area contributed by atoms with E-state index in [-0.39, 0.29) is 22.3 Å². The Kier molecular flexibility index (Phi) is 3.55. The van der Waals surface area contributed by atoms with Gasteiger partial charge in [0.05, 0.1) is 5.02 Å². The van der Waals surface area contributed by atoms with Crippen molar-refractivity contribution in [2.75, 3.05) is 4.72 Å². The zero-order chi connectivity index (χ0) is 13.2. The average Bonchev–Trinajstić information content (AvgIpc) is 2.81. The fourth-order valence-electron chi connectivity index (χ4n) is 1.34. The molecule has 0 fully saturated rings. The number of pyridine rings is 1. The highest BCUT2D eigenvalue weighted by Gasteiger charge is 2.17. The smallest absolute Gasteiger partial charge is 0.264 e. The molecule has 2 heterocycles. The summed E-state index contributed by atoms with van der Waals surface area (Å²) in [5.74, 6) is 0.0923. The van der Waals surface area contributed by atoms with E-state index in [1.807, 2.05) is 0 Å². The predicted molar refractivity (Wildman–Crippen MR) is 68.7 cm³/mol. The van der Waals surface area contributed by atoms with Gasteiger partial charge in [-0.15, -0.1) is 0 Å². The van der Waals surface area contributed by atoms with Crippen LogP contribution < -0.4 is 10.5 Å². The molecule has 0 saturated heterocycles. The molecule has 0 aliphatic rings. The summed E-state index contributed by atoms with van der Waals surface area (Å²) in [5.41, 5.74) is 6.03. The first-order chi connectivity index (χ1) is 8.53. The number of aromatic nitrogens is 2. The number of hydrogen-bond acceptors (Lipinski definition) is 4. The van der Waals surface area contributed by atoms with Crippen LogP contribution in [0.4, 0.5) is 5.82 Å². The summed E-state index contributed by atoms with van der Waals surface area (Å²) < 4.78 is 26.3. The quantitative estimate of drug-likeness (QED) is 0.789. The van der Waals surface area contributed by atoms with E-state index < -0.39 is 10.0 Å². The summed E-state index contributed by atoms with van der Waals surface area (Å²) in [6.45, 7) is 0.236. The SMILES string of the molecule is NCc1cc(S(=O)(=O)Nc2ncccc2Cl)c[nH]1. The Hall–Kier alpha value is -1.57. The van der Waals surface area contributed by atoms with Crippen LogP contribution in [0.2, 0.25) is 5.02 Å². The zero-order valence-electron chi connectivity index (χ0n) is 9.22. The molecule has 96 valence electrons. The summed E-state index contributed by atoms with van der Waals surface area (Å²) in [5, 5.41) is 0.232. The van der Waals surface area contributed by atoms with Gasteiger partial charge in [0.1, 0.15) is 4.90 Å². The second kappa shape index (κ2) is 4.97. The third-order valence-corrected chi connectivity index (χ3v) is 3.86. The molecule has 0 saturated carbocycles. The van der Waals surface area contributed by atoms with Crippen LogP contribution in [0.25, 0.3) is 0 Å². The lowest BCUT2D eigenvalue weighted by Crippen LogP contribution is -2.13. The molecule has 0 aliphatic carbocycles. The van der Waals surface area contributed by atoms with Crippen molar-refractivity contribution in [1.82, 2.24) is 9.97 Å². The lowest BCUT2D eigenvalue weighted by Gasteiger charge is -2.06. The largest absolute Gasteiger partial charge is 0.363 e. The number of nitrogens with one attached hydrogen (secondary N) is 2. The van der Waals surface area contributed by atoms with Crippen molar-refractivity contribution >= 4 is 27.4 Å². The van der Waals surface area contributed by atoms with Gasteiger partial charge in [0.2, 0.25) is 0 Å². The third-order valence-electron chi connectivity index (χ3n) is 2.24. The lowest BCUT2D eigenvalue weighted by molar-refractivity contribution is 0.601. The highest BCUT2D eigenvalue weighted by Crippen LogP contribution is 2.21. The van der Waals surface area contributed by atoms with E-state index >= 15 is 0 Å². The van der Waals surface area contributed by atoms with Gasteiger partial charge in [-0.1, -0.05) is 11.6 Å². The van der Waals surface area contributed by atoms with Gasteiger partial charge in [-0.25, -0.2) is 13.4 Å². The maximum atomic E-state index is 12.0. The van der Waals surface area contributed by atoms with Gasteiger partial charge in [0, 0.05) is 24.6 Å². The van der Waals surface area contributed by atoms with Crippen LogP contribution in [-0.2, 0) is 16.6 Å². The first-order valence-electron chi connectivity index (χ1n) is 5.03. The van der Waals surface area contributed by atoms with Crippen molar-refractivity contribution in [2.24, 2.45) is 5.73 Å². The summed E-state index contributed by atoms with van der Waals surface area (Å²) in [7, 11) is -3.71. The zero-order valence-corrected chi connectivity index (χ0v) is 10.8. The predicted octanol–water partition coefficient (Wildman–Crippen LogP) is 1.32. The number of hydrogen-bond donors (Lipinski definition) is 3. The molecule has 0 spiro atoms. The third kappa shape index (κ3) is 2.63. The average molecular weight is 287 g/mol. The molecule has 0 aliphatic heterocycles. The van der Waals surface area contributed by atoms with Crippen LogP contribution >= 0.6 is 11.6 Å². The molecule has 18 heavy (non-hydrogen) atoms. The van der Waals surface area contributed by atoms with E-state index in [4.69, 9.17) is 17.3 Å². The molecule has 2 aromatic rings. The second-order valence-corrected chi connectivity index (χ2v) is 5.59. The summed E-state index contributed by atoms with van der Waals surface area (Å²) >= 11 is 5.83. The highest BCUT2D eigenvalue weighted by atomic mass is 35.5. The Morgan fingerprint density at radius 1 is 1.50 bits per heavy atom. The topological polar surface area (TPSA) is 101 Å². The van der Waals surface area contributed by atoms with Crippen LogP contribution in [0.1, 0.15) is 5.69 Å². The fourth-order valence-corrected chi connectivity index (χ4v) is 2.61. The maximum absolute atomic E-state index is 12.0. The van der Waals surface area contributed by atoms with E-state index in [0.29, 0.717) is 5.69 Å². The van der Waals surface area contributed by atoms with Gasteiger partial charge < -0.3 is 10.7 Å². The molecule has 4 N–H and O–H groups in total. The maximum Gasteiger partial charge on any atom is 0.264 e. The summed E-state index contributed by atoms with van der Waals surface area (Å²) in [6.07, 6.45) is 2.81. The number of anilines is 1. The minimum absolute atomic E-state index is 0.0877. The van der Waals surface area contributed by atoms with E-state index in [9.17, 15) is 8.42 Å². The van der Waals surface area contributed by atoms with Crippen molar-refractivity contribution in [1.29, 1.82) is 0 Å². The molecule has 0 atom stereocenters. The van der Waals surface area contributed by atoms with Gasteiger partial charge in [-0.2, -0.15) is 0 Å². The fraction of sp³-hybridized carbons (Fsp3) is 0.100. The Bertz CT molecular complexity index is 653. The Labute approximate surface area is 109 Å². The molecular weight excluding hydrogens is 276 g/mol. The minimum Gasteiger partial charge on any atom is -0.363 e. The molecule has 0 amide bonds. The number of aromatic amines is 1. The van der Waals surface area contributed by atoms with Crippen LogP contribution in [0, 0.1) is 0 Å².